The van der Waals surface area contributed by atoms with Crippen LogP contribution in [0.2, 0.25) is 0 Å². The fourth-order valence-corrected chi connectivity index (χ4v) is 3.86. The van der Waals surface area contributed by atoms with E-state index < -0.39 is 0 Å². The molecule has 0 unspecified atom stereocenters. The summed E-state index contributed by atoms with van der Waals surface area (Å²) in [5.41, 5.74) is 0.182. The van der Waals surface area contributed by atoms with Crippen molar-refractivity contribution >= 4 is 0 Å². The normalized spacial score (nSPS) is 29.1. The molecular formula is C17H31NO. The Morgan fingerprint density at radius 2 is 1.42 bits per heavy atom. The maximum absolute atomic E-state index is 6.72. The highest BCUT2D eigenvalue weighted by molar-refractivity contribution is 4.91. The van der Waals surface area contributed by atoms with Crippen LogP contribution in [0, 0.1) is 0 Å². The Bertz CT molecular complexity index is 260. The molecule has 3 rings (SSSR count). The van der Waals surface area contributed by atoms with Gasteiger partial charge in [0, 0.05) is 12.6 Å². The molecule has 0 amide bonds. The lowest BCUT2D eigenvalue weighted by molar-refractivity contribution is -0.112. The molecule has 0 aromatic rings. The Balaban J connectivity index is 1.58. The summed E-state index contributed by atoms with van der Waals surface area (Å²) in [4.78, 5) is 0. The summed E-state index contributed by atoms with van der Waals surface area (Å²) >= 11 is 0. The van der Waals surface area contributed by atoms with Crippen LogP contribution in [0.5, 0.6) is 0 Å². The van der Waals surface area contributed by atoms with Crippen LogP contribution in [0.3, 0.4) is 0 Å². The molecule has 1 N–H and O–H groups in total. The van der Waals surface area contributed by atoms with Gasteiger partial charge in [-0.1, -0.05) is 44.9 Å². The lowest BCUT2D eigenvalue weighted by atomic mass is 9.91. The van der Waals surface area contributed by atoms with Crippen molar-refractivity contribution in [2.45, 2.75) is 101 Å². The fourth-order valence-electron chi connectivity index (χ4n) is 3.86. The van der Waals surface area contributed by atoms with E-state index in [4.69, 9.17) is 4.74 Å². The summed E-state index contributed by atoms with van der Waals surface area (Å²) in [7, 11) is 0. The maximum atomic E-state index is 6.72. The summed E-state index contributed by atoms with van der Waals surface area (Å²) in [6.45, 7) is 1.12. The van der Waals surface area contributed by atoms with E-state index in [1.165, 1.54) is 83.5 Å². The maximum Gasteiger partial charge on any atom is 0.0810 e. The first kappa shape index (κ1) is 13.9. The van der Waals surface area contributed by atoms with Crippen LogP contribution < -0.4 is 5.32 Å². The highest BCUT2D eigenvalue weighted by atomic mass is 16.5. The van der Waals surface area contributed by atoms with E-state index in [2.05, 4.69) is 5.32 Å². The third kappa shape index (κ3) is 4.19. The largest absolute Gasteiger partial charge is 0.370 e. The van der Waals surface area contributed by atoms with Crippen LogP contribution in [0.1, 0.15) is 83.5 Å². The van der Waals surface area contributed by atoms with Gasteiger partial charge < -0.3 is 10.1 Å². The lowest BCUT2D eigenvalue weighted by Crippen LogP contribution is -2.46. The van der Waals surface area contributed by atoms with Gasteiger partial charge in [-0.15, -0.1) is 0 Å². The molecule has 2 nitrogen and oxygen atoms in total. The predicted octanol–water partition coefficient (Wildman–Crippen LogP) is 4.18. The molecule has 2 heteroatoms. The average Bonchev–Trinajstić information content (AvgIpc) is 3.26. The van der Waals surface area contributed by atoms with Gasteiger partial charge in [-0.05, 0) is 38.5 Å². The molecule has 0 atom stereocenters. The molecule has 19 heavy (non-hydrogen) atoms. The van der Waals surface area contributed by atoms with Gasteiger partial charge in [-0.3, -0.25) is 0 Å². The summed E-state index contributed by atoms with van der Waals surface area (Å²) in [5, 5.41) is 3.76. The van der Waals surface area contributed by atoms with Crippen molar-refractivity contribution in [1.82, 2.24) is 5.32 Å². The molecule has 0 heterocycles. The van der Waals surface area contributed by atoms with Gasteiger partial charge in [-0.25, -0.2) is 0 Å². The van der Waals surface area contributed by atoms with Crippen LogP contribution in [0.4, 0.5) is 0 Å². The first-order valence-corrected chi connectivity index (χ1v) is 8.78. The molecular weight excluding hydrogens is 234 g/mol. The molecule has 3 aliphatic rings. The molecule has 0 radical (unpaired) electrons. The van der Waals surface area contributed by atoms with E-state index in [9.17, 15) is 0 Å². The zero-order chi connectivity index (χ0) is 13.0. The number of hydrogen-bond acceptors (Lipinski definition) is 2. The highest BCUT2D eigenvalue weighted by Gasteiger charge is 2.36. The lowest BCUT2D eigenvalue weighted by Gasteiger charge is -2.38. The number of nitrogens with one attached hydrogen (secondary N) is 1. The van der Waals surface area contributed by atoms with Crippen molar-refractivity contribution < 1.29 is 4.74 Å². The zero-order valence-electron chi connectivity index (χ0n) is 12.5. The summed E-state index contributed by atoms with van der Waals surface area (Å²) in [5.74, 6) is 0. The van der Waals surface area contributed by atoms with E-state index in [0.717, 1.165) is 12.6 Å². The first-order chi connectivity index (χ1) is 9.36. The van der Waals surface area contributed by atoms with Gasteiger partial charge >= 0.3 is 0 Å². The van der Waals surface area contributed by atoms with Crippen molar-refractivity contribution in [3.05, 3.63) is 0 Å². The number of rotatable bonds is 5. The Labute approximate surface area is 118 Å². The second-order valence-electron chi connectivity index (χ2n) is 7.13. The third-order valence-corrected chi connectivity index (χ3v) is 5.27. The van der Waals surface area contributed by atoms with Crippen molar-refractivity contribution in [1.29, 1.82) is 0 Å². The average molecular weight is 265 g/mol. The van der Waals surface area contributed by atoms with Gasteiger partial charge in [0.25, 0.3) is 0 Å². The van der Waals surface area contributed by atoms with Gasteiger partial charge in [0.1, 0.15) is 0 Å². The standard InChI is InChI=1S/C17H31NO/c1-2-7-13-17(12-6-1,14-18-15-10-11-15)19-16-8-4-3-5-9-16/h15-16,18H,1-14H2. The smallest absolute Gasteiger partial charge is 0.0810 e. The fraction of sp³-hybridized carbons (Fsp3) is 1.00. The van der Waals surface area contributed by atoms with Crippen molar-refractivity contribution in [2.75, 3.05) is 6.54 Å². The molecule has 3 fully saturated rings. The second kappa shape index (κ2) is 6.58. The minimum Gasteiger partial charge on any atom is -0.370 e. The van der Waals surface area contributed by atoms with E-state index in [1.54, 1.807) is 0 Å². The molecule has 0 aromatic heterocycles. The SMILES string of the molecule is C1CCC(OC2(CNC3CC3)CCCCCC2)CC1. The first-order valence-electron chi connectivity index (χ1n) is 8.78. The Hall–Kier alpha value is -0.0800. The Kier molecular flexibility index (Phi) is 4.81. The van der Waals surface area contributed by atoms with Crippen LogP contribution in [-0.4, -0.2) is 24.3 Å². The van der Waals surface area contributed by atoms with E-state index in [0.29, 0.717) is 6.10 Å². The topological polar surface area (TPSA) is 21.3 Å². The second-order valence-corrected chi connectivity index (χ2v) is 7.13. The monoisotopic (exact) mass is 265 g/mol. The molecule has 0 saturated heterocycles. The van der Waals surface area contributed by atoms with Crippen molar-refractivity contribution in [3.63, 3.8) is 0 Å². The van der Waals surface area contributed by atoms with Crippen LogP contribution in [-0.2, 0) is 4.74 Å². The summed E-state index contributed by atoms with van der Waals surface area (Å²) in [6.07, 6.45) is 18.3. The van der Waals surface area contributed by atoms with Crippen molar-refractivity contribution in [3.8, 4) is 0 Å². The molecule has 0 aromatic carbocycles. The van der Waals surface area contributed by atoms with Crippen LogP contribution >= 0.6 is 0 Å². The molecule has 3 aliphatic carbocycles. The summed E-state index contributed by atoms with van der Waals surface area (Å²) in [6, 6.07) is 0.815. The Morgan fingerprint density at radius 3 is 2.05 bits per heavy atom. The van der Waals surface area contributed by atoms with Gasteiger partial charge in [0.2, 0.25) is 0 Å². The van der Waals surface area contributed by atoms with Gasteiger partial charge in [0.15, 0.2) is 0 Å². The zero-order valence-corrected chi connectivity index (χ0v) is 12.5. The van der Waals surface area contributed by atoms with Crippen molar-refractivity contribution in [2.24, 2.45) is 0 Å². The summed E-state index contributed by atoms with van der Waals surface area (Å²) < 4.78 is 6.72. The van der Waals surface area contributed by atoms with Gasteiger partial charge in [0.05, 0.1) is 11.7 Å². The number of hydrogen-bond donors (Lipinski definition) is 1. The van der Waals surface area contributed by atoms with Crippen LogP contribution in [0.25, 0.3) is 0 Å². The third-order valence-electron chi connectivity index (χ3n) is 5.27. The van der Waals surface area contributed by atoms with E-state index >= 15 is 0 Å². The molecule has 3 saturated carbocycles. The molecule has 110 valence electrons. The predicted molar refractivity (Wildman–Crippen MR) is 79.4 cm³/mol. The molecule has 0 bridgehead atoms. The highest BCUT2D eigenvalue weighted by Crippen LogP contribution is 2.35. The minimum atomic E-state index is 0.182. The van der Waals surface area contributed by atoms with E-state index in [1.807, 2.05) is 0 Å². The minimum absolute atomic E-state index is 0.182. The van der Waals surface area contributed by atoms with Gasteiger partial charge in [-0.2, -0.15) is 0 Å². The molecule has 0 aliphatic heterocycles. The Morgan fingerprint density at radius 1 is 0.789 bits per heavy atom. The number of ether oxygens (including phenoxy) is 1. The quantitative estimate of drug-likeness (QED) is 0.753. The molecule has 0 spiro atoms. The van der Waals surface area contributed by atoms with Crippen LogP contribution in [0.15, 0.2) is 0 Å². The van der Waals surface area contributed by atoms with E-state index in [-0.39, 0.29) is 5.60 Å².